The molecule has 0 saturated heterocycles. The Morgan fingerprint density at radius 3 is 1.24 bits per heavy atom. The van der Waals surface area contributed by atoms with Gasteiger partial charge in [0.25, 0.3) is 0 Å². The second-order valence-electron chi connectivity index (χ2n) is 16.9. The van der Waals surface area contributed by atoms with Gasteiger partial charge in [0.15, 0.2) is 0 Å². The quantitative estimate of drug-likeness (QED) is 0.126. The second kappa shape index (κ2) is 15.2. The van der Waals surface area contributed by atoms with Crippen molar-refractivity contribution >= 4 is 22.7 Å². The summed E-state index contributed by atoms with van der Waals surface area (Å²) in [4.78, 5) is 4.84. The van der Waals surface area contributed by atoms with Gasteiger partial charge < -0.3 is 9.80 Å². The number of rotatable bonds is 12. The van der Waals surface area contributed by atoms with Crippen molar-refractivity contribution in [3.8, 4) is 11.1 Å². The highest BCUT2D eigenvalue weighted by Gasteiger charge is 2.40. The molecule has 0 bridgehead atoms. The molecule has 0 aliphatic heterocycles. The van der Waals surface area contributed by atoms with E-state index in [1.54, 1.807) is 0 Å². The molecule has 0 amide bonds. The molecule has 4 aromatic rings. The number of anilines is 4. The van der Waals surface area contributed by atoms with E-state index in [9.17, 15) is 0 Å². The summed E-state index contributed by atoms with van der Waals surface area (Å²) >= 11 is 0. The van der Waals surface area contributed by atoms with Gasteiger partial charge in [-0.3, -0.25) is 0 Å². The van der Waals surface area contributed by atoms with Crippen LogP contribution in [0.3, 0.4) is 0 Å². The number of hydrogen-bond acceptors (Lipinski definition) is 2. The van der Waals surface area contributed by atoms with Crippen molar-refractivity contribution in [2.45, 2.75) is 87.5 Å². The van der Waals surface area contributed by atoms with Gasteiger partial charge >= 0.3 is 0 Å². The lowest BCUT2D eigenvalue weighted by Gasteiger charge is -2.42. The first-order valence-electron chi connectivity index (χ1n) is 20.6. The maximum Gasteiger partial charge on any atom is 0.0464 e. The highest BCUT2D eigenvalue weighted by atomic mass is 15.2. The summed E-state index contributed by atoms with van der Waals surface area (Å²) in [6.45, 7) is 18.9. The number of benzene rings is 4. The Kier molecular flexibility index (Phi) is 10.6. The standard InChI is InChI=1S/C53H60N2/c1-9-50(5,10-2)52(7)33-19-25-44(31-35-52)54(42-21-15-13-16-22-42)46-27-29-48-40(38-46)37-41-39-47(28-30-49(41)48)55(43-23-17-14-18-24-43)45-26-20-34-53(8,36-32-45)51(6,11-3)12-4/h13-36,38-39H,9-12,37H2,1-8H3. The van der Waals surface area contributed by atoms with Crippen molar-refractivity contribution in [1.82, 2.24) is 0 Å². The first-order chi connectivity index (χ1) is 26.5. The van der Waals surface area contributed by atoms with Gasteiger partial charge in [-0.1, -0.05) is 140 Å². The second-order valence-corrected chi connectivity index (χ2v) is 16.9. The summed E-state index contributed by atoms with van der Waals surface area (Å²) in [6.07, 6.45) is 28.9. The third-order valence-electron chi connectivity index (χ3n) is 14.3. The fourth-order valence-electron chi connectivity index (χ4n) is 9.07. The molecule has 0 spiro atoms. The molecular weight excluding hydrogens is 665 g/mol. The Bertz CT molecular complexity index is 2030. The van der Waals surface area contributed by atoms with Gasteiger partial charge in [0, 0.05) is 45.0 Å². The van der Waals surface area contributed by atoms with Gasteiger partial charge in [-0.15, -0.1) is 0 Å². The monoisotopic (exact) mass is 724 g/mol. The number of nitrogens with zero attached hydrogens (tertiary/aromatic N) is 2. The molecule has 55 heavy (non-hydrogen) atoms. The molecule has 0 saturated carbocycles. The summed E-state index contributed by atoms with van der Waals surface area (Å²) in [6, 6.07) is 35.8. The minimum atomic E-state index is -0.0355. The summed E-state index contributed by atoms with van der Waals surface area (Å²) in [5.74, 6) is 0. The van der Waals surface area contributed by atoms with E-state index >= 15 is 0 Å². The highest BCUT2D eigenvalue weighted by Crippen LogP contribution is 2.50. The van der Waals surface area contributed by atoms with E-state index in [1.807, 2.05) is 0 Å². The molecule has 2 nitrogen and oxygen atoms in total. The summed E-state index contributed by atoms with van der Waals surface area (Å²) < 4.78 is 0. The summed E-state index contributed by atoms with van der Waals surface area (Å²) in [7, 11) is 0. The van der Waals surface area contributed by atoms with Crippen molar-refractivity contribution in [2.75, 3.05) is 9.80 Å². The van der Waals surface area contributed by atoms with Gasteiger partial charge in [0.1, 0.15) is 0 Å². The van der Waals surface area contributed by atoms with E-state index < -0.39 is 0 Å². The summed E-state index contributed by atoms with van der Waals surface area (Å²) in [5, 5.41) is 0. The molecule has 2 unspecified atom stereocenters. The average molecular weight is 725 g/mol. The molecule has 3 aliphatic carbocycles. The van der Waals surface area contributed by atoms with Crippen LogP contribution in [-0.2, 0) is 6.42 Å². The maximum absolute atomic E-state index is 2.44. The molecule has 282 valence electrons. The van der Waals surface area contributed by atoms with Gasteiger partial charge in [-0.2, -0.15) is 0 Å². The molecule has 2 atom stereocenters. The Morgan fingerprint density at radius 2 is 0.873 bits per heavy atom. The minimum absolute atomic E-state index is 0.0355. The van der Waals surface area contributed by atoms with E-state index in [0.29, 0.717) is 0 Å². The lowest BCUT2D eigenvalue weighted by Crippen LogP contribution is -2.33. The van der Waals surface area contributed by atoms with Crippen LogP contribution in [-0.4, -0.2) is 0 Å². The molecule has 3 aliphatic rings. The summed E-state index contributed by atoms with van der Waals surface area (Å²) in [5.41, 5.74) is 12.7. The normalized spacial score (nSPS) is 20.3. The fraction of sp³-hybridized carbons (Fsp3) is 0.321. The highest BCUT2D eigenvalue weighted by molar-refractivity contribution is 5.84. The topological polar surface area (TPSA) is 6.48 Å². The molecule has 4 aromatic carbocycles. The molecule has 7 rings (SSSR count). The van der Waals surface area contributed by atoms with Crippen molar-refractivity contribution in [3.05, 3.63) is 180 Å². The minimum Gasteiger partial charge on any atom is -0.311 e. The van der Waals surface area contributed by atoms with Crippen LogP contribution < -0.4 is 9.80 Å². The van der Waals surface area contributed by atoms with Crippen LogP contribution in [0, 0.1) is 21.7 Å². The van der Waals surface area contributed by atoms with Crippen molar-refractivity contribution in [3.63, 3.8) is 0 Å². The zero-order chi connectivity index (χ0) is 38.8. The number of para-hydroxylation sites is 2. The van der Waals surface area contributed by atoms with Crippen LogP contribution in [0.2, 0.25) is 0 Å². The van der Waals surface area contributed by atoms with E-state index in [4.69, 9.17) is 0 Å². The van der Waals surface area contributed by atoms with E-state index in [-0.39, 0.29) is 21.7 Å². The van der Waals surface area contributed by atoms with E-state index in [0.717, 1.165) is 43.5 Å². The Balaban J connectivity index is 1.23. The smallest absolute Gasteiger partial charge is 0.0464 e. The predicted molar refractivity (Wildman–Crippen MR) is 238 cm³/mol. The van der Waals surface area contributed by atoms with Crippen LogP contribution in [0.1, 0.15) is 92.2 Å². The van der Waals surface area contributed by atoms with E-state index in [2.05, 4.69) is 223 Å². The Morgan fingerprint density at radius 1 is 0.491 bits per heavy atom. The lowest BCUT2D eigenvalue weighted by atomic mass is 9.62. The molecular formula is C53H60N2. The molecule has 0 N–H and O–H groups in total. The van der Waals surface area contributed by atoms with Crippen molar-refractivity contribution < 1.29 is 0 Å². The molecule has 0 heterocycles. The van der Waals surface area contributed by atoms with Crippen LogP contribution >= 0.6 is 0 Å². The molecule has 2 heteroatoms. The van der Waals surface area contributed by atoms with Crippen LogP contribution in [0.4, 0.5) is 22.7 Å². The zero-order valence-electron chi connectivity index (χ0n) is 34.4. The van der Waals surface area contributed by atoms with Crippen LogP contribution in [0.15, 0.2) is 169 Å². The predicted octanol–water partition coefficient (Wildman–Crippen LogP) is 15.2. The molecule has 0 aromatic heterocycles. The Labute approximate surface area is 332 Å². The van der Waals surface area contributed by atoms with Crippen molar-refractivity contribution in [1.29, 1.82) is 0 Å². The number of allylic oxidation sites excluding steroid dienone is 10. The van der Waals surface area contributed by atoms with E-state index in [1.165, 1.54) is 45.0 Å². The third-order valence-corrected chi connectivity index (χ3v) is 14.3. The number of fused-ring (bicyclic) bond motifs is 3. The Hall–Kier alpha value is -5.08. The van der Waals surface area contributed by atoms with Crippen LogP contribution in [0.5, 0.6) is 0 Å². The molecule has 0 fully saturated rings. The van der Waals surface area contributed by atoms with Gasteiger partial charge in [-0.25, -0.2) is 0 Å². The third kappa shape index (κ3) is 6.90. The first-order valence-corrected chi connectivity index (χ1v) is 20.6. The average Bonchev–Trinajstić information content (AvgIpc) is 3.30. The SMILES string of the molecule is CCC(C)(CC)C1(C)C=CC=C(N(c2ccccc2)c2ccc3c(c2)Cc2cc(N(C4=CC=CC(C)(C(C)(CC)CC)C=C4)c4ccccc4)ccc2-3)C=C1. The fourth-order valence-corrected chi connectivity index (χ4v) is 9.07. The van der Waals surface area contributed by atoms with Gasteiger partial charge in [0.2, 0.25) is 0 Å². The van der Waals surface area contributed by atoms with Gasteiger partial charge in [0.05, 0.1) is 0 Å². The lowest BCUT2D eigenvalue weighted by molar-refractivity contribution is 0.155. The molecule has 0 radical (unpaired) electrons. The maximum atomic E-state index is 2.44. The van der Waals surface area contributed by atoms with Crippen LogP contribution in [0.25, 0.3) is 11.1 Å². The zero-order valence-corrected chi connectivity index (χ0v) is 34.4. The number of hydrogen-bond donors (Lipinski definition) is 0. The van der Waals surface area contributed by atoms with Crippen molar-refractivity contribution in [2.24, 2.45) is 21.7 Å². The first kappa shape index (κ1) is 38.2. The van der Waals surface area contributed by atoms with Gasteiger partial charge in [-0.05, 0) is 138 Å². The largest absolute Gasteiger partial charge is 0.311 e.